The summed E-state index contributed by atoms with van der Waals surface area (Å²) in [6.45, 7) is 7.02. The molecule has 1 saturated heterocycles. The van der Waals surface area contributed by atoms with Crippen molar-refractivity contribution in [3.8, 4) is 0 Å². The maximum atomic E-state index is 12.3. The lowest BCUT2D eigenvalue weighted by Crippen LogP contribution is -2.54. The van der Waals surface area contributed by atoms with E-state index in [1.807, 2.05) is 24.0 Å². The van der Waals surface area contributed by atoms with Crippen LogP contribution < -0.4 is 10.6 Å². The number of hydrogen-bond acceptors (Lipinski definition) is 5. The van der Waals surface area contributed by atoms with E-state index >= 15 is 0 Å². The van der Waals surface area contributed by atoms with E-state index in [1.165, 1.54) is 0 Å². The first-order valence-corrected chi connectivity index (χ1v) is 7.20. The van der Waals surface area contributed by atoms with Crippen molar-refractivity contribution in [3.05, 3.63) is 18.3 Å². The van der Waals surface area contributed by atoms with E-state index in [0.717, 1.165) is 25.3 Å². The molecule has 0 saturated carbocycles. The van der Waals surface area contributed by atoms with E-state index in [-0.39, 0.29) is 30.3 Å². The van der Waals surface area contributed by atoms with Gasteiger partial charge in [-0.3, -0.25) is 4.79 Å². The van der Waals surface area contributed by atoms with Gasteiger partial charge in [-0.05, 0) is 18.1 Å². The highest BCUT2D eigenvalue weighted by Gasteiger charge is 2.28. The third kappa shape index (κ3) is 4.28. The van der Waals surface area contributed by atoms with Crippen molar-refractivity contribution in [1.82, 2.24) is 15.1 Å². The number of halogens is 1. The highest BCUT2D eigenvalue weighted by Crippen LogP contribution is 2.14. The molecule has 0 bridgehead atoms. The molecule has 0 aromatic carbocycles. The molecule has 1 aliphatic heterocycles. The van der Waals surface area contributed by atoms with E-state index in [2.05, 4.69) is 22.0 Å². The monoisotopic (exact) mass is 313 g/mol. The van der Waals surface area contributed by atoms with Gasteiger partial charge in [0.15, 0.2) is 5.82 Å². The fourth-order valence-corrected chi connectivity index (χ4v) is 2.33. The molecule has 1 amide bonds. The quantitative estimate of drug-likeness (QED) is 0.894. The van der Waals surface area contributed by atoms with E-state index in [4.69, 9.17) is 5.73 Å². The maximum Gasteiger partial charge on any atom is 0.239 e. The summed E-state index contributed by atoms with van der Waals surface area (Å²) in [6.07, 6.45) is 2.58. The molecule has 1 aliphatic rings. The Morgan fingerprint density at radius 1 is 1.38 bits per heavy atom. The minimum atomic E-state index is -0.386. The molecule has 21 heavy (non-hydrogen) atoms. The number of carbonyl (C=O) groups is 1. The van der Waals surface area contributed by atoms with Crippen LogP contribution in [0.4, 0.5) is 5.82 Å². The minimum Gasteiger partial charge on any atom is -0.352 e. The van der Waals surface area contributed by atoms with Crippen LogP contribution in [0.5, 0.6) is 0 Å². The Morgan fingerprint density at radius 2 is 2.05 bits per heavy atom. The van der Waals surface area contributed by atoms with Gasteiger partial charge < -0.3 is 15.5 Å². The minimum absolute atomic E-state index is 0. The molecule has 1 fully saturated rings. The largest absolute Gasteiger partial charge is 0.352 e. The van der Waals surface area contributed by atoms with Crippen LogP contribution in [0.3, 0.4) is 0 Å². The van der Waals surface area contributed by atoms with Gasteiger partial charge in [-0.15, -0.1) is 17.5 Å². The molecule has 7 heteroatoms. The zero-order chi connectivity index (χ0) is 14.5. The number of piperazine rings is 1. The van der Waals surface area contributed by atoms with Gasteiger partial charge in [0.1, 0.15) is 0 Å². The molecule has 1 aromatic heterocycles. The molecule has 0 spiro atoms. The Labute approximate surface area is 132 Å². The molecular weight excluding hydrogens is 290 g/mol. The second kappa shape index (κ2) is 8.14. The summed E-state index contributed by atoms with van der Waals surface area (Å²) in [5, 5.41) is 7.98. The average Bonchev–Trinajstić information content (AvgIpc) is 2.53. The number of rotatable bonds is 4. The van der Waals surface area contributed by atoms with Crippen molar-refractivity contribution in [3.63, 3.8) is 0 Å². The lowest BCUT2D eigenvalue weighted by Gasteiger charge is -2.37. The fourth-order valence-electron chi connectivity index (χ4n) is 2.33. The number of amides is 1. The summed E-state index contributed by atoms with van der Waals surface area (Å²) in [7, 11) is 0. The lowest BCUT2D eigenvalue weighted by molar-refractivity contribution is -0.134. The standard InChI is InChI=1S/C14H23N5O.ClH/c1-3-11(2)13(15)14(20)19-9-7-18(8-10-19)12-5-4-6-16-17-12;/h4-6,11,13H,3,7-10,15H2,1-2H3;1H. The first-order valence-electron chi connectivity index (χ1n) is 7.20. The summed E-state index contributed by atoms with van der Waals surface area (Å²) in [5.41, 5.74) is 6.02. The van der Waals surface area contributed by atoms with Gasteiger partial charge in [-0.2, -0.15) is 5.10 Å². The van der Waals surface area contributed by atoms with E-state index < -0.39 is 0 Å². The Balaban J connectivity index is 0.00000220. The molecule has 6 nitrogen and oxygen atoms in total. The smallest absolute Gasteiger partial charge is 0.239 e. The summed E-state index contributed by atoms with van der Waals surface area (Å²) < 4.78 is 0. The molecule has 0 radical (unpaired) electrons. The predicted octanol–water partition coefficient (Wildman–Crippen LogP) is 0.920. The van der Waals surface area contributed by atoms with Gasteiger partial charge in [0, 0.05) is 32.4 Å². The van der Waals surface area contributed by atoms with Gasteiger partial charge in [0.2, 0.25) is 5.91 Å². The van der Waals surface area contributed by atoms with Crippen LogP contribution in [0.25, 0.3) is 0 Å². The van der Waals surface area contributed by atoms with E-state index in [1.54, 1.807) is 6.20 Å². The Morgan fingerprint density at radius 3 is 2.57 bits per heavy atom. The number of aromatic nitrogens is 2. The van der Waals surface area contributed by atoms with Crippen molar-refractivity contribution in [1.29, 1.82) is 0 Å². The molecular formula is C14H24ClN5O. The van der Waals surface area contributed by atoms with Crippen LogP contribution in [0.1, 0.15) is 20.3 Å². The van der Waals surface area contributed by atoms with E-state index in [0.29, 0.717) is 13.1 Å². The van der Waals surface area contributed by atoms with E-state index in [9.17, 15) is 4.79 Å². The third-order valence-electron chi connectivity index (χ3n) is 4.02. The number of anilines is 1. The lowest BCUT2D eigenvalue weighted by atomic mass is 9.98. The molecule has 1 aromatic rings. The van der Waals surface area contributed by atoms with Crippen LogP contribution in [0.2, 0.25) is 0 Å². The van der Waals surface area contributed by atoms with Gasteiger partial charge in [-0.1, -0.05) is 20.3 Å². The van der Waals surface area contributed by atoms with Gasteiger partial charge in [-0.25, -0.2) is 0 Å². The molecule has 2 unspecified atom stereocenters. The molecule has 2 heterocycles. The fraction of sp³-hybridized carbons (Fsp3) is 0.643. The van der Waals surface area contributed by atoms with Crippen LogP contribution in [-0.2, 0) is 4.79 Å². The molecule has 118 valence electrons. The number of nitrogens with two attached hydrogens (primary N) is 1. The van der Waals surface area contributed by atoms with Gasteiger partial charge in [0.25, 0.3) is 0 Å². The average molecular weight is 314 g/mol. The normalized spacial score (nSPS) is 17.9. The Bertz CT molecular complexity index is 436. The van der Waals surface area contributed by atoms with Crippen molar-refractivity contribution in [2.45, 2.75) is 26.3 Å². The Hall–Kier alpha value is -1.40. The first-order chi connectivity index (χ1) is 9.63. The van der Waals surface area contributed by atoms with Crippen LogP contribution in [0, 0.1) is 5.92 Å². The zero-order valence-corrected chi connectivity index (χ0v) is 13.4. The number of hydrogen-bond donors (Lipinski definition) is 1. The van der Waals surface area contributed by atoms with Gasteiger partial charge in [0.05, 0.1) is 6.04 Å². The van der Waals surface area contributed by atoms with Crippen molar-refractivity contribution < 1.29 is 4.79 Å². The highest BCUT2D eigenvalue weighted by atomic mass is 35.5. The topological polar surface area (TPSA) is 75.4 Å². The third-order valence-corrected chi connectivity index (χ3v) is 4.02. The molecule has 0 aliphatic carbocycles. The first kappa shape index (κ1) is 17.7. The van der Waals surface area contributed by atoms with Crippen molar-refractivity contribution in [2.75, 3.05) is 31.1 Å². The number of carbonyl (C=O) groups excluding carboxylic acids is 1. The molecule has 2 rings (SSSR count). The molecule has 2 atom stereocenters. The predicted molar refractivity (Wildman–Crippen MR) is 85.5 cm³/mol. The summed E-state index contributed by atoms with van der Waals surface area (Å²) in [6, 6.07) is 3.43. The van der Waals surface area contributed by atoms with Crippen LogP contribution in [0.15, 0.2) is 18.3 Å². The second-order valence-corrected chi connectivity index (χ2v) is 5.31. The molecule has 2 N–H and O–H groups in total. The van der Waals surface area contributed by atoms with Crippen LogP contribution in [-0.4, -0.2) is 53.2 Å². The van der Waals surface area contributed by atoms with Gasteiger partial charge >= 0.3 is 0 Å². The van der Waals surface area contributed by atoms with Crippen LogP contribution >= 0.6 is 12.4 Å². The summed E-state index contributed by atoms with van der Waals surface area (Å²) in [4.78, 5) is 16.3. The SMILES string of the molecule is CCC(C)C(N)C(=O)N1CCN(c2cccnn2)CC1.Cl. The Kier molecular flexibility index (Phi) is 6.84. The van der Waals surface area contributed by atoms with Crippen molar-refractivity contribution in [2.24, 2.45) is 11.7 Å². The summed E-state index contributed by atoms with van der Waals surface area (Å²) in [5.74, 6) is 1.16. The zero-order valence-electron chi connectivity index (χ0n) is 12.6. The number of nitrogens with zero attached hydrogens (tertiary/aromatic N) is 4. The summed E-state index contributed by atoms with van der Waals surface area (Å²) >= 11 is 0. The maximum absolute atomic E-state index is 12.3. The van der Waals surface area contributed by atoms with Crippen molar-refractivity contribution >= 4 is 24.1 Å². The second-order valence-electron chi connectivity index (χ2n) is 5.31. The highest BCUT2D eigenvalue weighted by molar-refractivity contribution is 5.85.